The molecule has 1 fully saturated rings. The van der Waals surface area contributed by atoms with E-state index in [1.165, 1.54) is 4.68 Å². The first-order valence-corrected chi connectivity index (χ1v) is 9.23. The van der Waals surface area contributed by atoms with E-state index in [4.69, 9.17) is 30.6 Å². The third-order valence-electron chi connectivity index (χ3n) is 3.93. The van der Waals surface area contributed by atoms with Crippen LogP contribution in [-0.2, 0) is 41.7 Å². The zero-order valence-corrected chi connectivity index (χ0v) is 16.0. The van der Waals surface area contributed by atoms with E-state index in [0.29, 0.717) is 58.5 Å². The molecular weight excluding hydrogens is 372 g/mol. The smallest absolute Gasteiger partial charge is 0.239 e. The fourth-order valence-corrected chi connectivity index (χ4v) is 2.53. The Bertz CT molecular complexity index is 553. The van der Waals surface area contributed by atoms with Crippen molar-refractivity contribution in [2.75, 3.05) is 65.9 Å². The number of likely N-dealkylation sites (tertiary alicyclic amines) is 1. The van der Waals surface area contributed by atoms with Crippen molar-refractivity contribution in [2.45, 2.75) is 19.3 Å². The summed E-state index contributed by atoms with van der Waals surface area (Å²) >= 11 is 0. The van der Waals surface area contributed by atoms with E-state index in [-0.39, 0.29) is 12.6 Å². The van der Waals surface area contributed by atoms with Crippen LogP contribution in [0.5, 0.6) is 0 Å². The lowest BCUT2D eigenvalue weighted by Gasteiger charge is -2.38. The molecule has 2 heterocycles. The van der Waals surface area contributed by atoms with Gasteiger partial charge in [-0.15, -0.1) is 5.10 Å². The molecular formula is C16H30N6O6. The summed E-state index contributed by atoms with van der Waals surface area (Å²) in [7, 11) is 0. The predicted octanol–water partition coefficient (Wildman–Crippen LogP) is -2.10. The second-order valence-corrected chi connectivity index (χ2v) is 6.27. The van der Waals surface area contributed by atoms with Crippen molar-refractivity contribution in [3.05, 3.63) is 11.9 Å². The quantitative estimate of drug-likeness (QED) is 0.219. The maximum atomic E-state index is 10.8. The Morgan fingerprint density at radius 1 is 1.07 bits per heavy atom. The van der Waals surface area contributed by atoms with Crippen LogP contribution in [0, 0.1) is 0 Å². The fraction of sp³-hybridized carbons (Fsp3) is 0.812. The van der Waals surface area contributed by atoms with E-state index in [1.807, 2.05) is 0 Å². The molecule has 28 heavy (non-hydrogen) atoms. The van der Waals surface area contributed by atoms with Crippen molar-refractivity contribution in [1.82, 2.24) is 19.9 Å². The second-order valence-electron chi connectivity index (χ2n) is 6.27. The highest BCUT2D eigenvalue weighted by molar-refractivity contribution is 5.73. The Kier molecular flexibility index (Phi) is 10.9. The second kappa shape index (κ2) is 13.5. The van der Waals surface area contributed by atoms with Gasteiger partial charge in [0.25, 0.3) is 0 Å². The number of aromatic nitrogens is 3. The maximum Gasteiger partial charge on any atom is 0.239 e. The minimum atomic E-state index is -0.467. The van der Waals surface area contributed by atoms with Crippen LogP contribution in [0.3, 0.4) is 0 Å². The van der Waals surface area contributed by atoms with Crippen LogP contribution in [0.4, 0.5) is 0 Å². The molecule has 0 radical (unpaired) electrons. The molecule has 0 bridgehead atoms. The number of hydrogen-bond acceptors (Lipinski definition) is 10. The molecule has 2 rings (SSSR count). The molecule has 1 aromatic heterocycles. The molecule has 4 N–H and O–H groups in total. The van der Waals surface area contributed by atoms with Crippen molar-refractivity contribution in [2.24, 2.45) is 11.6 Å². The van der Waals surface area contributed by atoms with Gasteiger partial charge in [-0.1, -0.05) is 5.21 Å². The monoisotopic (exact) mass is 402 g/mol. The summed E-state index contributed by atoms with van der Waals surface area (Å²) in [6, 6.07) is 0. The average molecular weight is 402 g/mol. The molecule has 1 aliphatic heterocycles. The van der Waals surface area contributed by atoms with Crippen molar-refractivity contribution in [3.8, 4) is 0 Å². The van der Waals surface area contributed by atoms with Crippen molar-refractivity contribution in [3.63, 3.8) is 0 Å². The van der Waals surface area contributed by atoms with Crippen LogP contribution in [0.25, 0.3) is 0 Å². The molecule has 0 aromatic carbocycles. The number of nitrogens with two attached hydrogens (primary N) is 2. The number of primary amides is 1. The van der Waals surface area contributed by atoms with Gasteiger partial charge in [0.05, 0.1) is 65.2 Å². The van der Waals surface area contributed by atoms with Gasteiger partial charge in [0.1, 0.15) is 12.2 Å². The Morgan fingerprint density at radius 2 is 1.79 bits per heavy atom. The first kappa shape index (κ1) is 22.6. The number of carbonyl (C=O) groups is 1. The van der Waals surface area contributed by atoms with E-state index < -0.39 is 5.91 Å². The lowest BCUT2D eigenvalue weighted by Crippen LogP contribution is -2.53. The molecule has 0 spiro atoms. The van der Waals surface area contributed by atoms with Crippen molar-refractivity contribution >= 4 is 5.91 Å². The normalized spacial score (nSPS) is 15.0. The summed E-state index contributed by atoms with van der Waals surface area (Å²) in [6.07, 6.45) is 1.89. The lowest BCUT2D eigenvalue weighted by molar-refractivity contribution is -0.118. The van der Waals surface area contributed by atoms with Crippen LogP contribution >= 0.6 is 0 Å². The maximum absolute atomic E-state index is 10.8. The number of hydrogen-bond donors (Lipinski definition) is 2. The molecule has 160 valence electrons. The molecule has 12 nitrogen and oxygen atoms in total. The standard InChI is InChI=1S/C16H30N6O6/c17-16(23)12-22-9-14(19-20-22)13-26-4-3-25-5-7-27-15-10-21(11-15)1-2-24-6-8-28-18/h9,15H,1-8,10-13,18H2,(H2,17,23). The SMILES string of the molecule is NOCCOCCN1CC(OCCOCCOCc2cn(CC(N)=O)nn2)C1. The van der Waals surface area contributed by atoms with Gasteiger partial charge in [0.2, 0.25) is 5.91 Å². The molecule has 0 atom stereocenters. The highest BCUT2D eigenvalue weighted by Gasteiger charge is 2.26. The van der Waals surface area contributed by atoms with Gasteiger partial charge in [-0.25, -0.2) is 10.6 Å². The zero-order chi connectivity index (χ0) is 20.0. The van der Waals surface area contributed by atoms with Gasteiger partial charge in [-0.3, -0.25) is 9.69 Å². The highest BCUT2D eigenvalue weighted by Crippen LogP contribution is 2.10. The Balaban J connectivity index is 1.34. The van der Waals surface area contributed by atoms with E-state index >= 15 is 0 Å². The van der Waals surface area contributed by atoms with Gasteiger partial charge in [0, 0.05) is 19.6 Å². The van der Waals surface area contributed by atoms with E-state index in [1.54, 1.807) is 6.20 Å². The minimum absolute atomic E-state index is 0.00681. The number of rotatable bonds is 17. The highest BCUT2D eigenvalue weighted by atomic mass is 16.6. The van der Waals surface area contributed by atoms with Crippen LogP contribution in [-0.4, -0.2) is 97.8 Å². The Morgan fingerprint density at radius 3 is 2.57 bits per heavy atom. The van der Waals surface area contributed by atoms with Gasteiger partial charge in [-0.05, 0) is 0 Å². The van der Waals surface area contributed by atoms with E-state index in [9.17, 15) is 4.79 Å². The summed E-state index contributed by atoms with van der Waals surface area (Å²) in [5.41, 5.74) is 5.72. The Labute approximate surface area is 163 Å². The zero-order valence-electron chi connectivity index (χ0n) is 16.0. The molecule has 0 unspecified atom stereocenters. The third-order valence-corrected chi connectivity index (χ3v) is 3.93. The summed E-state index contributed by atoms with van der Waals surface area (Å²) in [5, 5.41) is 7.66. The molecule has 0 saturated carbocycles. The van der Waals surface area contributed by atoms with E-state index in [2.05, 4.69) is 20.0 Å². The fourth-order valence-electron chi connectivity index (χ4n) is 2.53. The minimum Gasteiger partial charge on any atom is -0.378 e. The molecule has 1 amide bonds. The topological polar surface area (TPSA) is 149 Å². The number of nitrogens with zero attached hydrogens (tertiary/aromatic N) is 4. The first-order valence-electron chi connectivity index (χ1n) is 9.23. The molecule has 1 aromatic rings. The summed E-state index contributed by atoms with van der Waals surface area (Å²) in [6.45, 7) is 6.61. The molecule has 0 aliphatic carbocycles. The molecule has 1 aliphatic rings. The van der Waals surface area contributed by atoms with Gasteiger partial charge in [0.15, 0.2) is 0 Å². The number of amides is 1. The summed E-state index contributed by atoms with van der Waals surface area (Å²) in [4.78, 5) is 17.5. The van der Waals surface area contributed by atoms with Gasteiger partial charge < -0.3 is 29.5 Å². The largest absolute Gasteiger partial charge is 0.378 e. The first-order chi connectivity index (χ1) is 13.7. The molecule has 1 saturated heterocycles. The predicted molar refractivity (Wildman–Crippen MR) is 96.8 cm³/mol. The van der Waals surface area contributed by atoms with Crippen LogP contribution < -0.4 is 11.6 Å². The van der Waals surface area contributed by atoms with Crippen LogP contribution in [0.1, 0.15) is 5.69 Å². The van der Waals surface area contributed by atoms with Crippen LogP contribution in [0.15, 0.2) is 6.20 Å². The molecule has 12 heteroatoms. The van der Waals surface area contributed by atoms with Gasteiger partial charge >= 0.3 is 0 Å². The summed E-state index contributed by atoms with van der Waals surface area (Å²) in [5.74, 6) is 4.45. The lowest BCUT2D eigenvalue weighted by atomic mass is 10.2. The Hall–Kier alpha value is -1.67. The van der Waals surface area contributed by atoms with E-state index in [0.717, 1.165) is 19.6 Å². The third kappa shape index (κ3) is 9.50. The summed E-state index contributed by atoms with van der Waals surface area (Å²) < 4.78 is 23.4. The van der Waals surface area contributed by atoms with Crippen LogP contribution in [0.2, 0.25) is 0 Å². The van der Waals surface area contributed by atoms with Crippen molar-refractivity contribution in [1.29, 1.82) is 0 Å². The van der Waals surface area contributed by atoms with Gasteiger partial charge in [-0.2, -0.15) is 0 Å². The number of ether oxygens (including phenoxy) is 4. The average Bonchev–Trinajstić information content (AvgIpc) is 3.06. The van der Waals surface area contributed by atoms with Crippen molar-refractivity contribution < 1.29 is 28.6 Å². The number of carbonyl (C=O) groups excluding carboxylic acids is 1.